The maximum Gasteiger partial charge on any atom is 0.416 e. The number of anilines is 1. The zero-order valence-electron chi connectivity index (χ0n) is 20.4. The van der Waals surface area contributed by atoms with Crippen LogP contribution < -0.4 is 14.4 Å². The number of carbonyl (C=O) groups is 1. The first-order valence-electron chi connectivity index (χ1n) is 11.7. The molecule has 0 aromatic heterocycles. The van der Waals surface area contributed by atoms with Gasteiger partial charge in [-0.05, 0) is 79.8 Å². The van der Waals surface area contributed by atoms with Crippen molar-refractivity contribution in [1.82, 2.24) is 5.32 Å². The van der Waals surface area contributed by atoms with Crippen LogP contribution in [0.3, 0.4) is 0 Å². The highest BCUT2D eigenvalue weighted by atomic mass is 32.2. The van der Waals surface area contributed by atoms with Crippen molar-refractivity contribution in [2.75, 3.05) is 18.0 Å². The molecule has 1 aliphatic carbocycles. The topological polar surface area (TPSA) is 75.7 Å². The molecule has 0 fully saturated rings. The molecule has 196 valence electrons. The Balaban J connectivity index is 1.66. The van der Waals surface area contributed by atoms with Crippen molar-refractivity contribution >= 4 is 21.6 Å². The molecule has 3 aromatic carbocycles. The van der Waals surface area contributed by atoms with Crippen molar-refractivity contribution in [1.29, 1.82) is 0 Å². The minimum Gasteiger partial charge on any atom is -0.497 e. The van der Waals surface area contributed by atoms with Crippen LogP contribution in [0.15, 0.2) is 71.6 Å². The highest BCUT2D eigenvalue weighted by molar-refractivity contribution is 7.92. The van der Waals surface area contributed by atoms with Crippen molar-refractivity contribution in [2.24, 2.45) is 0 Å². The molecule has 1 atom stereocenters. The summed E-state index contributed by atoms with van der Waals surface area (Å²) in [6, 6.07) is 15.1. The molecule has 1 N–H and O–H groups in total. The lowest BCUT2D eigenvalue weighted by Crippen LogP contribution is -2.42. The first kappa shape index (κ1) is 26.5. The molecule has 1 amide bonds. The number of hydrogen-bond donors (Lipinski definition) is 1. The SMILES string of the molecule is COc1ccc2c(c1)CCCC2NC(=O)CN(c1cccc(C(F)(F)F)c1)S(=O)(=O)c1ccc(C)cc1. The molecule has 0 radical (unpaired) electrons. The Morgan fingerprint density at radius 2 is 1.81 bits per heavy atom. The predicted octanol–water partition coefficient (Wildman–Crippen LogP) is 5.41. The Hall–Kier alpha value is -3.53. The van der Waals surface area contributed by atoms with Crippen LogP contribution >= 0.6 is 0 Å². The summed E-state index contributed by atoms with van der Waals surface area (Å²) >= 11 is 0. The summed E-state index contributed by atoms with van der Waals surface area (Å²) < 4.78 is 73.3. The second-order valence-corrected chi connectivity index (χ2v) is 10.8. The van der Waals surface area contributed by atoms with Crippen molar-refractivity contribution in [2.45, 2.75) is 43.3 Å². The number of hydrogen-bond acceptors (Lipinski definition) is 4. The number of nitrogens with zero attached hydrogens (tertiary/aromatic N) is 1. The van der Waals surface area contributed by atoms with Crippen LogP contribution in [0, 0.1) is 6.92 Å². The van der Waals surface area contributed by atoms with Gasteiger partial charge in [0.05, 0.1) is 29.3 Å². The predicted molar refractivity (Wildman–Crippen MR) is 134 cm³/mol. The Morgan fingerprint density at radius 1 is 1.08 bits per heavy atom. The summed E-state index contributed by atoms with van der Waals surface area (Å²) in [6.45, 7) is 1.10. The third-order valence-electron chi connectivity index (χ3n) is 6.36. The molecule has 1 aliphatic rings. The van der Waals surface area contributed by atoms with Gasteiger partial charge in [0.2, 0.25) is 5.91 Å². The molecule has 1 unspecified atom stereocenters. The van der Waals surface area contributed by atoms with Gasteiger partial charge in [0, 0.05) is 0 Å². The highest BCUT2D eigenvalue weighted by Gasteiger charge is 2.34. The smallest absolute Gasteiger partial charge is 0.416 e. The van der Waals surface area contributed by atoms with E-state index in [1.54, 1.807) is 32.2 Å². The minimum atomic E-state index is -4.68. The van der Waals surface area contributed by atoms with Gasteiger partial charge >= 0.3 is 6.18 Å². The van der Waals surface area contributed by atoms with Gasteiger partial charge in [-0.1, -0.05) is 29.8 Å². The quantitative estimate of drug-likeness (QED) is 0.442. The number of amides is 1. The van der Waals surface area contributed by atoms with Gasteiger partial charge in [0.15, 0.2) is 0 Å². The summed E-state index contributed by atoms with van der Waals surface area (Å²) in [5.74, 6) is 0.0763. The van der Waals surface area contributed by atoms with Crippen LogP contribution in [0.5, 0.6) is 5.75 Å². The largest absolute Gasteiger partial charge is 0.497 e. The summed E-state index contributed by atoms with van der Waals surface area (Å²) in [7, 11) is -2.78. The lowest BCUT2D eigenvalue weighted by molar-refractivity contribution is -0.137. The number of halogens is 3. The van der Waals surface area contributed by atoms with E-state index in [4.69, 9.17) is 4.74 Å². The number of alkyl halides is 3. The number of rotatable bonds is 7. The zero-order valence-corrected chi connectivity index (χ0v) is 21.2. The van der Waals surface area contributed by atoms with Crippen LogP contribution in [-0.2, 0) is 27.4 Å². The van der Waals surface area contributed by atoms with E-state index in [1.165, 1.54) is 18.2 Å². The Bertz CT molecular complexity index is 1390. The molecule has 3 aromatic rings. The molecule has 0 spiro atoms. The van der Waals surface area contributed by atoms with Crippen molar-refractivity contribution in [3.05, 3.63) is 89.0 Å². The summed E-state index contributed by atoms with van der Waals surface area (Å²) in [5.41, 5.74) is 1.49. The number of methoxy groups -OCH3 is 1. The summed E-state index contributed by atoms with van der Waals surface area (Å²) in [5, 5.41) is 2.88. The fourth-order valence-electron chi connectivity index (χ4n) is 4.43. The maximum atomic E-state index is 13.6. The monoisotopic (exact) mass is 532 g/mol. The maximum absolute atomic E-state index is 13.6. The first-order valence-corrected chi connectivity index (χ1v) is 13.2. The first-order chi connectivity index (χ1) is 17.5. The second kappa shape index (κ2) is 10.5. The molecule has 37 heavy (non-hydrogen) atoms. The normalized spacial score (nSPS) is 15.5. The Morgan fingerprint density at radius 3 is 2.49 bits per heavy atom. The molecule has 6 nitrogen and oxygen atoms in total. The van der Waals surface area contributed by atoms with Gasteiger partial charge in [-0.15, -0.1) is 0 Å². The van der Waals surface area contributed by atoms with E-state index < -0.39 is 34.2 Å². The summed E-state index contributed by atoms with van der Waals surface area (Å²) in [6.07, 6.45) is -2.40. The van der Waals surface area contributed by atoms with Crippen molar-refractivity contribution in [3.8, 4) is 5.75 Å². The van der Waals surface area contributed by atoms with Gasteiger partial charge in [-0.25, -0.2) is 8.42 Å². The zero-order chi connectivity index (χ0) is 26.8. The average Bonchev–Trinajstić information content (AvgIpc) is 2.87. The number of benzene rings is 3. The molecule has 10 heteroatoms. The Kier molecular flexibility index (Phi) is 7.49. The molecular weight excluding hydrogens is 505 g/mol. The molecule has 0 saturated heterocycles. The van der Waals surface area contributed by atoms with Crippen molar-refractivity contribution < 1.29 is 31.1 Å². The van der Waals surface area contributed by atoms with Crippen molar-refractivity contribution in [3.63, 3.8) is 0 Å². The van der Waals surface area contributed by atoms with Crippen LogP contribution in [0.2, 0.25) is 0 Å². The fraction of sp³-hybridized carbons (Fsp3) is 0.296. The lowest BCUT2D eigenvalue weighted by Gasteiger charge is -2.29. The van der Waals surface area contributed by atoms with Crippen LogP contribution in [0.1, 0.15) is 41.1 Å². The third-order valence-corrected chi connectivity index (χ3v) is 8.15. The van der Waals surface area contributed by atoms with Crippen LogP contribution in [0.25, 0.3) is 0 Å². The number of ether oxygens (including phenoxy) is 1. The number of nitrogens with one attached hydrogen (secondary N) is 1. The van der Waals surface area contributed by atoms with Gasteiger partial charge in [0.25, 0.3) is 10.0 Å². The van der Waals surface area contributed by atoms with Gasteiger partial charge in [-0.2, -0.15) is 13.2 Å². The standard InChI is InChI=1S/C27H27F3N2O4S/c1-18-9-12-23(13-10-18)37(34,35)32(21-7-4-6-20(16-21)27(28,29)30)17-26(33)31-25-8-3-5-19-15-22(36-2)11-14-24(19)25/h4,6-7,9-16,25H,3,5,8,17H2,1-2H3,(H,31,33). The number of aryl methyl sites for hydroxylation is 2. The molecule has 0 saturated carbocycles. The highest BCUT2D eigenvalue weighted by Crippen LogP contribution is 2.34. The van der Waals surface area contributed by atoms with Gasteiger partial charge in [0.1, 0.15) is 12.3 Å². The molecule has 0 heterocycles. The molecule has 0 bridgehead atoms. The van der Waals surface area contributed by atoms with Crippen LogP contribution in [-0.4, -0.2) is 28.0 Å². The minimum absolute atomic E-state index is 0.126. The fourth-order valence-corrected chi connectivity index (χ4v) is 5.84. The van der Waals surface area contributed by atoms with E-state index in [0.29, 0.717) is 12.2 Å². The number of fused-ring (bicyclic) bond motifs is 1. The molecular formula is C27H27F3N2O4S. The van der Waals surface area contributed by atoms with Crippen LogP contribution in [0.4, 0.5) is 18.9 Å². The summed E-state index contributed by atoms with van der Waals surface area (Å²) in [4.78, 5) is 13.1. The third kappa shape index (κ3) is 5.90. The van der Waals surface area contributed by atoms with E-state index in [0.717, 1.165) is 52.0 Å². The second-order valence-electron chi connectivity index (χ2n) is 8.95. The Labute approximate surface area is 214 Å². The lowest BCUT2D eigenvalue weighted by atomic mass is 9.87. The van der Waals surface area contributed by atoms with E-state index in [9.17, 15) is 26.4 Å². The van der Waals surface area contributed by atoms with E-state index in [-0.39, 0.29) is 16.6 Å². The number of sulfonamides is 1. The number of carbonyl (C=O) groups excluding carboxylic acids is 1. The average molecular weight is 533 g/mol. The van der Waals surface area contributed by atoms with E-state index in [1.807, 2.05) is 12.1 Å². The van der Waals surface area contributed by atoms with Gasteiger partial charge in [-0.3, -0.25) is 9.10 Å². The molecule has 4 rings (SSSR count). The van der Waals surface area contributed by atoms with E-state index >= 15 is 0 Å². The van der Waals surface area contributed by atoms with Gasteiger partial charge < -0.3 is 10.1 Å². The molecule has 0 aliphatic heterocycles. The van der Waals surface area contributed by atoms with E-state index in [2.05, 4.69) is 5.32 Å².